The van der Waals surface area contributed by atoms with Gasteiger partial charge in [0, 0.05) is 11.7 Å². The van der Waals surface area contributed by atoms with Crippen LogP contribution in [0.5, 0.6) is 5.75 Å². The van der Waals surface area contributed by atoms with Gasteiger partial charge in [-0.2, -0.15) is 0 Å². The summed E-state index contributed by atoms with van der Waals surface area (Å²) in [5.41, 5.74) is 2.28. The molecule has 1 aromatic rings. The lowest BCUT2D eigenvalue weighted by Gasteiger charge is -2.34. The Hall–Kier alpha value is -1.18. The lowest BCUT2D eigenvalue weighted by atomic mass is 9.80. The van der Waals surface area contributed by atoms with Crippen molar-refractivity contribution in [2.24, 2.45) is 11.8 Å². The van der Waals surface area contributed by atoms with Gasteiger partial charge < -0.3 is 10.4 Å². The van der Waals surface area contributed by atoms with Crippen molar-refractivity contribution in [3.63, 3.8) is 0 Å². The number of phenolic OH excluding ortho intramolecular Hbond substituents is 1. The number of aromatic hydroxyl groups is 1. The van der Waals surface area contributed by atoms with Gasteiger partial charge in [0.15, 0.2) is 0 Å². The van der Waals surface area contributed by atoms with Crippen LogP contribution in [0.1, 0.15) is 38.7 Å². The maximum Gasteiger partial charge on any atom is 0.115 e. The summed E-state index contributed by atoms with van der Waals surface area (Å²) in [5, 5.41) is 13.1. The van der Waals surface area contributed by atoms with Gasteiger partial charge in [-0.25, -0.2) is 0 Å². The van der Waals surface area contributed by atoms with Crippen LogP contribution in [-0.4, -0.2) is 11.1 Å². The normalized spacial score (nSPS) is 29.0. The molecule has 94 valence electrons. The Labute approximate surface area is 104 Å². The van der Waals surface area contributed by atoms with Crippen LogP contribution >= 0.6 is 0 Å². The first-order chi connectivity index (χ1) is 8.06. The molecular formula is C15H23NO. The number of hydrogen-bond donors (Lipinski definition) is 2. The smallest absolute Gasteiger partial charge is 0.115 e. The summed E-state index contributed by atoms with van der Waals surface area (Å²) in [6.07, 6.45) is 3.92. The fourth-order valence-corrected chi connectivity index (χ4v) is 2.74. The minimum absolute atomic E-state index is 0.345. The Balaban J connectivity index is 2.08. The minimum Gasteiger partial charge on any atom is -0.508 e. The molecule has 2 heteroatoms. The Kier molecular flexibility index (Phi) is 3.60. The molecular weight excluding hydrogens is 210 g/mol. The Bertz CT molecular complexity index is 389. The van der Waals surface area contributed by atoms with Crippen LogP contribution in [-0.2, 0) is 0 Å². The van der Waals surface area contributed by atoms with Crippen molar-refractivity contribution in [2.75, 3.05) is 5.32 Å². The zero-order valence-electron chi connectivity index (χ0n) is 11.0. The van der Waals surface area contributed by atoms with Crippen molar-refractivity contribution in [3.05, 3.63) is 23.8 Å². The third-order valence-electron chi connectivity index (χ3n) is 4.01. The molecule has 1 aliphatic carbocycles. The first-order valence-electron chi connectivity index (χ1n) is 6.62. The van der Waals surface area contributed by atoms with Gasteiger partial charge in [-0.05, 0) is 55.4 Å². The molecule has 0 heterocycles. The largest absolute Gasteiger partial charge is 0.508 e. The van der Waals surface area contributed by atoms with Crippen molar-refractivity contribution >= 4 is 5.69 Å². The van der Waals surface area contributed by atoms with Crippen molar-refractivity contribution in [1.29, 1.82) is 0 Å². The van der Waals surface area contributed by atoms with Crippen molar-refractivity contribution in [3.8, 4) is 5.75 Å². The van der Waals surface area contributed by atoms with Crippen molar-refractivity contribution in [1.82, 2.24) is 0 Å². The molecule has 2 nitrogen and oxygen atoms in total. The van der Waals surface area contributed by atoms with E-state index in [1.807, 2.05) is 19.1 Å². The van der Waals surface area contributed by atoms with Crippen molar-refractivity contribution < 1.29 is 5.11 Å². The van der Waals surface area contributed by atoms with E-state index in [0.29, 0.717) is 11.8 Å². The Morgan fingerprint density at radius 1 is 1.24 bits per heavy atom. The lowest BCUT2D eigenvalue weighted by Crippen LogP contribution is -2.33. The monoisotopic (exact) mass is 233 g/mol. The molecule has 2 N–H and O–H groups in total. The van der Waals surface area contributed by atoms with Gasteiger partial charge >= 0.3 is 0 Å². The number of anilines is 1. The SMILES string of the molecule is Cc1cc(O)ccc1NC1CC(C)CCC1C. The maximum absolute atomic E-state index is 9.41. The summed E-state index contributed by atoms with van der Waals surface area (Å²) in [5.74, 6) is 1.90. The number of nitrogens with one attached hydrogen (secondary N) is 1. The summed E-state index contributed by atoms with van der Waals surface area (Å²) in [6, 6.07) is 6.13. The molecule has 1 saturated carbocycles. The van der Waals surface area contributed by atoms with Crippen LogP contribution in [0.2, 0.25) is 0 Å². The summed E-state index contributed by atoms with van der Waals surface area (Å²) in [4.78, 5) is 0. The molecule has 3 unspecified atom stereocenters. The van der Waals surface area contributed by atoms with Crippen LogP contribution in [0.4, 0.5) is 5.69 Å². The van der Waals surface area contributed by atoms with E-state index < -0.39 is 0 Å². The molecule has 1 aliphatic rings. The van der Waals surface area contributed by atoms with Crippen LogP contribution in [0, 0.1) is 18.8 Å². The van der Waals surface area contributed by atoms with E-state index in [-0.39, 0.29) is 0 Å². The number of phenols is 1. The van der Waals surface area contributed by atoms with Gasteiger partial charge in [0.25, 0.3) is 0 Å². The molecule has 0 spiro atoms. The number of rotatable bonds is 2. The second-order valence-corrected chi connectivity index (χ2v) is 5.65. The highest BCUT2D eigenvalue weighted by Crippen LogP contribution is 2.31. The third-order valence-corrected chi connectivity index (χ3v) is 4.01. The zero-order chi connectivity index (χ0) is 12.4. The first kappa shape index (κ1) is 12.3. The highest BCUT2D eigenvalue weighted by atomic mass is 16.3. The molecule has 0 aliphatic heterocycles. The van der Waals surface area contributed by atoms with Gasteiger partial charge in [0.2, 0.25) is 0 Å². The predicted molar refractivity (Wildman–Crippen MR) is 72.4 cm³/mol. The molecule has 2 rings (SSSR count). The molecule has 3 atom stereocenters. The van der Waals surface area contributed by atoms with Gasteiger partial charge in [-0.1, -0.05) is 20.3 Å². The Morgan fingerprint density at radius 3 is 2.71 bits per heavy atom. The molecule has 0 aromatic heterocycles. The standard InChI is InChI=1S/C15H23NO/c1-10-4-5-11(2)15(8-10)16-14-7-6-13(17)9-12(14)3/h6-7,9-11,15-17H,4-5,8H2,1-3H3. The van der Waals surface area contributed by atoms with Crippen LogP contribution in [0.15, 0.2) is 18.2 Å². The van der Waals surface area contributed by atoms with Crippen LogP contribution in [0.25, 0.3) is 0 Å². The molecule has 0 radical (unpaired) electrons. The summed E-state index contributed by atoms with van der Waals surface area (Å²) in [6.45, 7) is 6.71. The fourth-order valence-electron chi connectivity index (χ4n) is 2.74. The van der Waals surface area contributed by atoms with Crippen LogP contribution in [0.3, 0.4) is 0 Å². The topological polar surface area (TPSA) is 32.3 Å². The second-order valence-electron chi connectivity index (χ2n) is 5.65. The highest BCUT2D eigenvalue weighted by Gasteiger charge is 2.25. The van der Waals surface area contributed by atoms with Crippen LogP contribution < -0.4 is 5.32 Å². The average molecular weight is 233 g/mol. The number of aryl methyl sites for hydroxylation is 1. The molecule has 0 saturated heterocycles. The van der Waals surface area contributed by atoms with Gasteiger partial charge in [-0.15, -0.1) is 0 Å². The fraction of sp³-hybridized carbons (Fsp3) is 0.600. The van der Waals surface area contributed by atoms with E-state index >= 15 is 0 Å². The number of benzene rings is 1. The molecule has 1 aromatic carbocycles. The van der Waals surface area contributed by atoms with E-state index in [4.69, 9.17) is 0 Å². The maximum atomic E-state index is 9.41. The molecule has 0 amide bonds. The van der Waals surface area contributed by atoms with Gasteiger partial charge in [0.05, 0.1) is 0 Å². The first-order valence-corrected chi connectivity index (χ1v) is 6.62. The zero-order valence-corrected chi connectivity index (χ0v) is 11.0. The third kappa shape index (κ3) is 2.93. The predicted octanol–water partition coefficient (Wildman–Crippen LogP) is 3.94. The summed E-state index contributed by atoms with van der Waals surface area (Å²) < 4.78 is 0. The van der Waals surface area contributed by atoms with Gasteiger partial charge in [0.1, 0.15) is 5.75 Å². The lowest BCUT2D eigenvalue weighted by molar-refractivity contribution is 0.280. The minimum atomic E-state index is 0.345. The second kappa shape index (κ2) is 4.99. The quantitative estimate of drug-likeness (QED) is 0.758. The van der Waals surface area contributed by atoms with E-state index in [1.54, 1.807) is 6.07 Å². The molecule has 17 heavy (non-hydrogen) atoms. The summed E-state index contributed by atoms with van der Waals surface area (Å²) >= 11 is 0. The van der Waals surface area contributed by atoms with E-state index in [9.17, 15) is 5.11 Å². The number of hydrogen-bond acceptors (Lipinski definition) is 2. The Morgan fingerprint density at radius 2 is 2.00 bits per heavy atom. The van der Waals surface area contributed by atoms with E-state index in [1.165, 1.54) is 19.3 Å². The average Bonchev–Trinajstić information content (AvgIpc) is 2.27. The van der Waals surface area contributed by atoms with E-state index in [0.717, 1.165) is 23.1 Å². The van der Waals surface area contributed by atoms with Gasteiger partial charge in [-0.3, -0.25) is 0 Å². The van der Waals surface area contributed by atoms with E-state index in [2.05, 4.69) is 19.2 Å². The molecule has 0 bridgehead atoms. The summed E-state index contributed by atoms with van der Waals surface area (Å²) in [7, 11) is 0. The highest BCUT2D eigenvalue weighted by molar-refractivity contribution is 5.54. The van der Waals surface area contributed by atoms with Crippen molar-refractivity contribution in [2.45, 2.75) is 46.1 Å². The molecule has 1 fully saturated rings.